The van der Waals surface area contributed by atoms with Gasteiger partial charge in [-0.1, -0.05) is 88.9 Å². The Morgan fingerprint density at radius 3 is 2.31 bits per heavy atom. The van der Waals surface area contributed by atoms with Gasteiger partial charge in [0, 0.05) is 0 Å². The van der Waals surface area contributed by atoms with Crippen LogP contribution in [-0.4, -0.2) is 0 Å². The third kappa shape index (κ3) is 4.04. The number of aryl methyl sites for hydroxylation is 1. The van der Waals surface area contributed by atoms with E-state index < -0.39 is 0 Å². The van der Waals surface area contributed by atoms with E-state index in [4.69, 9.17) is 0 Å². The molecular formula is C29H34. The minimum Gasteiger partial charge on any atom is -0.0949 e. The van der Waals surface area contributed by atoms with Crippen LogP contribution in [0.3, 0.4) is 0 Å². The van der Waals surface area contributed by atoms with Crippen molar-refractivity contribution in [1.82, 2.24) is 0 Å². The van der Waals surface area contributed by atoms with Gasteiger partial charge in [0.25, 0.3) is 0 Å². The molecule has 0 saturated carbocycles. The topological polar surface area (TPSA) is 0 Å². The van der Waals surface area contributed by atoms with Gasteiger partial charge in [0.1, 0.15) is 0 Å². The molecule has 2 aromatic rings. The summed E-state index contributed by atoms with van der Waals surface area (Å²) in [4.78, 5) is 0. The average molecular weight is 383 g/mol. The van der Waals surface area contributed by atoms with Gasteiger partial charge < -0.3 is 0 Å². The Balaban J connectivity index is 1.54. The van der Waals surface area contributed by atoms with Crippen molar-refractivity contribution in [2.45, 2.75) is 65.2 Å². The van der Waals surface area contributed by atoms with Crippen molar-refractivity contribution in [3.63, 3.8) is 0 Å². The van der Waals surface area contributed by atoms with Gasteiger partial charge in [-0.25, -0.2) is 0 Å². The molecule has 2 aliphatic carbocycles. The summed E-state index contributed by atoms with van der Waals surface area (Å²) in [6, 6.07) is 16.0. The quantitative estimate of drug-likeness (QED) is 0.499. The van der Waals surface area contributed by atoms with Crippen LogP contribution in [0.4, 0.5) is 0 Å². The molecule has 0 radical (unpaired) electrons. The van der Waals surface area contributed by atoms with Crippen LogP contribution in [0.1, 0.15) is 68.4 Å². The molecule has 2 aliphatic rings. The van der Waals surface area contributed by atoms with Crippen molar-refractivity contribution in [1.29, 1.82) is 0 Å². The molecule has 0 atom stereocenters. The monoisotopic (exact) mass is 382 g/mol. The lowest BCUT2D eigenvalue weighted by atomic mass is 9.82. The molecule has 0 unspecified atom stereocenters. The zero-order chi connectivity index (χ0) is 20.6. The van der Waals surface area contributed by atoms with E-state index in [1.807, 2.05) is 0 Å². The lowest BCUT2D eigenvalue weighted by molar-refractivity contribution is 0.589. The second-order valence-electron chi connectivity index (χ2n) is 9.75. The third-order valence-electron chi connectivity index (χ3n) is 6.71. The van der Waals surface area contributed by atoms with Crippen molar-refractivity contribution >= 4 is 5.57 Å². The zero-order valence-electron chi connectivity index (χ0n) is 18.5. The van der Waals surface area contributed by atoms with Gasteiger partial charge in [0.2, 0.25) is 0 Å². The average Bonchev–Trinajstić information content (AvgIpc) is 3.32. The van der Waals surface area contributed by atoms with Crippen LogP contribution < -0.4 is 0 Å². The molecule has 0 aliphatic heterocycles. The largest absolute Gasteiger partial charge is 0.0949 e. The van der Waals surface area contributed by atoms with Gasteiger partial charge >= 0.3 is 0 Å². The molecule has 0 heterocycles. The Morgan fingerprint density at radius 1 is 1.00 bits per heavy atom. The number of hydrogen-bond donors (Lipinski definition) is 0. The number of fused-ring (bicyclic) bond motifs is 1. The molecule has 150 valence electrons. The first-order valence-electron chi connectivity index (χ1n) is 11.1. The predicted molar refractivity (Wildman–Crippen MR) is 126 cm³/mol. The maximum absolute atomic E-state index is 4.55. The summed E-state index contributed by atoms with van der Waals surface area (Å²) < 4.78 is 0. The highest BCUT2D eigenvalue weighted by molar-refractivity contribution is 5.71. The second-order valence-corrected chi connectivity index (χ2v) is 9.75. The molecule has 0 bridgehead atoms. The Hall–Kier alpha value is -2.34. The van der Waals surface area contributed by atoms with Gasteiger partial charge in [-0.2, -0.15) is 0 Å². The summed E-state index contributed by atoms with van der Waals surface area (Å²) >= 11 is 0. The van der Waals surface area contributed by atoms with Gasteiger partial charge in [-0.05, 0) is 88.0 Å². The molecule has 0 nitrogen and oxygen atoms in total. The molecule has 4 rings (SSSR count). The lowest BCUT2D eigenvalue weighted by Crippen LogP contribution is -2.12. The van der Waals surface area contributed by atoms with Crippen molar-refractivity contribution in [2.75, 3.05) is 0 Å². The minimum absolute atomic E-state index is 0.161. The first kappa shape index (κ1) is 20.0. The maximum Gasteiger partial charge on any atom is -0.00259 e. The van der Waals surface area contributed by atoms with E-state index in [9.17, 15) is 0 Å². The molecule has 0 amide bonds. The lowest BCUT2D eigenvalue weighted by Gasteiger charge is -2.23. The maximum atomic E-state index is 4.55. The highest BCUT2D eigenvalue weighted by Crippen LogP contribution is 2.40. The van der Waals surface area contributed by atoms with E-state index in [0.717, 1.165) is 19.3 Å². The number of benzene rings is 2. The van der Waals surface area contributed by atoms with Crippen molar-refractivity contribution in [2.24, 2.45) is 5.92 Å². The van der Waals surface area contributed by atoms with Crippen LogP contribution in [0.5, 0.6) is 0 Å². The zero-order valence-corrected chi connectivity index (χ0v) is 18.5. The SMILES string of the molecule is C=C(CC1=CCC=C1C1Cc2ccccc2C1)c1cc(C(C)(C)C)ccc1CC. The summed E-state index contributed by atoms with van der Waals surface area (Å²) in [6.07, 6.45) is 10.4. The van der Waals surface area contributed by atoms with Gasteiger partial charge in [-0.15, -0.1) is 0 Å². The summed E-state index contributed by atoms with van der Waals surface area (Å²) in [5.74, 6) is 0.639. The molecule has 0 heteroatoms. The first-order valence-corrected chi connectivity index (χ1v) is 11.1. The molecule has 0 fully saturated rings. The predicted octanol–water partition coefficient (Wildman–Crippen LogP) is 7.62. The van der Waals surface area contributed by atoms with E-state index in [2.05, 4.69) is 88.9 Å². The Morgan fingerprint density at radius 2 is 1.69 bits per heavy atom. The Kier molecular flexibility index (Phi) is 5.38. The van der Waals surface area contributed by atoms with Crippen molar-refractivity contribution in [3.05, 3.63) is 100 Å². The van der Waals surface area contributed by atoms with E-state index in [1.54, 1.807) is 5.57 Å². The molecular weight excluding hydrogens is 348 g/mol. The fraction of sp³-hybridized carbons (Fsp3) is 0.379. The van der Waals surface area contributed by atoms with Crippen LogP contribution in [0.15, 0.2) is 72.3 Å². The summed E-state index contributed by atoms with van der Waals surface area (Å²) in [6.45, 7) is 13.7. The molecule has 0 saturated heterocycles. The van der Waals surface area contributed by atoms with Crippen molar-refractivity contribution < 1.29 is 0 Å². The van der Waals surface area contributed by atoms with Gasteiger partial charge in [-0.3, -0.25) is 0 Å². The normalized spacial score (nSPS) is 16.6. The van der Waals surface area contributed by atoms with E-state index in [0.29, 0.717) is 5.92 Å². The van der Waals surface area contributed by atoms with E-state index in [1.165, 1.54) is 51.8 Å². The van der Waals surface area contributed by atoms with E-state index in [-0.39, 0.29) is 5.41 Å². The molecule has 0 aromatic heterocycles. The standard InChI is InChI=1S/C29H34/c1-6-21-14-15-26(29(3,4)5)19-28(21)20(2)16-24-12-9-13-27(24)25-17-22-10-7-8-11-23(22)18-25/h7-8,10-15,19,25H,2,6,9,16-18H2,1,3-5H3. The number of rotatable bonds is 5. The molecule has 0 spiro atoms. The molecule has 29 heavy (non-hydrogen) atoms. The highest BCUT2D eigenvalue weighted by atomic mass is 14.3. The number of allylic oxidation sites excluding steroid dienone is 5. The Labute approximate surface area is 177 Å². The van der Waals surface area contributed by atoms with Crippen LogP contribution in [-0.2, 0) is 24.7 Å². The van der Waals surface area contributed by atoms with E-state index >= 15 is 0 Å². The summed E-state index contributed by atoms with van der Waals surface area (Å²) in [7, 11) is 0. The van der Waals surface area contributed by atoms with Crippen LogP contribution in [0.2, 0.25) is 0 Å². The fourth-order valence-electron chi connectivity index (χ4n) is 4.96. The third-order valence-corrected chi connectivity index (χ3v) is 6.71. The molecule has 2 aromatic carbocycles. The fourth-order valence-corrected chi connectivity index (χ4v) is 4.96. The van der Waals surface area contributed by atoms with Gasteiger partial charge in [0.15, 0.2) is 0 Å². The minimum atomic E-state index is 0.161. The summed E-state index contributed by atoms with van der Waals surface area (Å²) in [5, 5.41) is 0. The second kappa shape index (κ2) is 7.82. The van der Waals surface area contributed by atoms with Crippen LogP contribution >= 0.6 is 0 Å². The smallest absolute Gasteiger partial charge is 0.00259 e. The Bertz CT molecular complexity index is 966. The van der Waals surface area contributed by atoms with Gasteiger partial charge in [0.05, 0.1) is 0 Å². The molecule has 0 N–H and O–H groups in total. The number of hydrogen-bond acceptors (Lipinski definition) is 0. The summed E-state index contributed by atoms with van der Waals surface area (Å²) in [5.41, 5.74) is 11.8. The first-order chi connectivity index (χ1) is 13.9. The van der Waals surface area contributed by atoms with Crippen LogP contribution in [0, 0.1) is 5.92 Å². The highest BCUT2D eigenvalue weighted by Gasteiger charge is 2.27. The van der Waals surface area contributed by atoms with Crippen molar-refractivity contribution in [3.8, 4) is 0 Å². The van der Waals surface area contributed by atoms with Crippen LogP contribution in [0.25, 0.3) is 5.57 Å².